The zero-order chi connectivity index (χ0) is 14.7. The first-order valence-electron chi connectivity index (χ1n) is 6.83. The molecule has 1 aliphatic carbocycles. The summed E-state index contributed by atoms with van der Waals surface area (Å²) in [5, 5.41) is 13.7. The van der Waals surface area contributed by atoms with E-state index in [4.69, 9.17) is 10.9 Å². The van der Waals surface area contributed by atoms with Crippen molar-refractivity contribution in [1.29, 1.82) is 0 Å². The molecule has 0 aromatic carbocycles. The Labute approximate surface area is 123 Å². The number of rotatable bonds is 4. The second-order valence-electron chi connectivity index (χ2n) is 5.39. The van der Waals surface area contributed by atoms with Crippen LogP contribution in [-0.2, 0) is 11.2 Å². The van der Waals surface area contributed by atoms with E-state index in [0.717, 1.165) is 19.3 Å². The first-order valence-corrected chi connectivity index (χ1v) is 7.71. The molecule has 1 aromatic heterocycles. The third kappa shape index (κ3) is 2.95. The Morgan fingerprint density at radius 2 is 2.45 bits per heavy atom. The number of amidine groups is 1. The summed E-state index contributed by atoms with van der Waals surface area (Å²) >= 11 is 1.74. The number of fused-ring (bicyclic) bond motifs is 1. The summed E-state index contributed by atoms with van der Waals surface area (Å²) < 4.78 is 0. The van der Waals surface area contributed by atoms with Crippen LogP contribution < -0.4 is 5.73 Å². The van der Waals surface area contributed by atoms with Crippen LogP contribution in [0.3, 0.4) is 0 Å². The molecule has 0 spiro atoms. The first kappa shape index (κ1) is 14.8. The molecule has 1 aliphatic rings. The number of hydrogen-bond acceptors (Lipinski definition) is 4. The predicted octanol–water partition coefficient (Wildman–Crippen LogP) is 2.01. The van der Waals surface area contributed by atoms with Crippen LogP contribution in [0.15, 0.2) is 16.6 Å². The second-order valence-corrected chi connectivity index (χ2v) is 6.39. The van der Waals surface area contributed by atoms with Gasteiger partial charge in [0.15, 0.2) is 0 Å². The SMILES string of the molecule is CC(CN(C)C(=O)C1CCCc2sccc21)/C(N)=N/O. The summed E-state index contributed by atoms with van der Waals surface area (Å²) in [6, 6.07) is 2.07. The van der Waals surface area contributed by atoms with Crippen molar-refractivity contribution in [2.45, 2.75) is 32.1 Å². The zero-order valence-corrected chi connectivity index (χ0v) is 12.7. The van der Waals surface area contributed by atoms with Crippen LogP contribution in [0.25, 0.3) is 0 Å². The highest BCUT2D eigenvalue weighted by molar-refractivity contribution is 7.10. The zero-order valence-electron chi connectivity index (χ0n) is 11.9. The molecule has 0 fully saturated rings. The van der Waals surface area contributed by atoms with E-state index >= 15 is 0 Å². The molecule has 2 rings (SSSR count). The van der Waals surface area contributed by atoms with Gasteiger partial charge in [-0.05, 0) is 36.3 Å². The summed E-state index contributed by atoms with van der Waals surface area (Å²) in [7, 11) is 1.78. The molecule has 2 unspecified atom stereocenters. The number of nitrogens with zero attached hydrogens (tertiary/aromatic N) is 2. The molecule has 0 bridgehead atoms. The molecule has 20 heavy (non-hydrogen) atoms. The van der Waals surface area contributed by atoms with Crippen molar-refractivity contribution in [3.05, 3.63) is 21.9 Å². The third-order valence-corrected chi connectivity index (χ3v) is 4.89. The molecular weight excluding hydrogens is 274 g/mol. The van der Waals surface area contributed by atoms with Gasteiger partial charge in [-0.15, -0.1) is 11.3 Å². The summed E-state index contributed by atoms with van der Waals surface area (Å²) in [5.74, 6) is 0.0976. The van der Waals surface area contributed by atoms with Crippen molar-refractivity contribution in [3.63, 3.8) is 0 Å². The van der Waals surface area contributed by atoms with Crippen LogP contribution in [0, 0.1) is 5.92 Å². The monoisotopic (exact) mass is 295 g/mol. The lowest BCUT2D eigenvalue weighted by Gasteiger charge is -2.28. The van der Waals surface area contributed by atoms with E-state index in [0.29, 0.717) is 6.54 Å². The Hall–Kier alpha value is -1.56. The van der Waals surface area contributed by atoms with Crippen LogP contribution in [-0.4, -0.2) is 35.4 Å². The number of likely N-dealkylation sites (N-methyl/N-ethyl adjacent to an activating group) is 1. The Balaban J connectivity index is 2.05. The first-order chi connectivity index (χ1) is 9.54. The van der Waals surface area contributed by atoms with Gasteiger partial charge in [-0.25, -0.2) is 0 Å². The fraction of sp³-hybridized carbons (Fsp3) is 0.571. The predicted molar refractivity (Wildman–Crippen MR) is 80.2 cm³/mol. The van der Waals surface area contributed by atoms with Gasteiger partial charge in [0.25, 0.3) is 0 Å². The topological polar surface area (TPSA) is 78.9 Å². The number of oxime groups is 1. The molecule has 5 nitrogen and oxygen atoms in total. The number of hydrogen-bond donors (Lipinski definition) is 2. The second kappa shape index (κ2) is 6.26. The minimum absolute atomic E-state index is 0.0329. The van der Waals surface area contributed by atoms with E-state index in [-0.39, 0.29) is 23.6 Å². The van der Waals surface area contributed by atoms with Crippen LogP contribution in [0.5, 0.6) is 0 Å². The lowest BCUT2D eigenvalue weighted by Crippen LogP contribution is -2.39. The van der Waals surface area contributed by atoms with Gasteiger partial charge in [0.2, 0.25) is 5.91 Å². The Morgan fingerprint density at radius 1 is 1.70 bits per heavy atom. The van der Waals surface area contributed by atoms with Crippen LogP contribution in [0.2, 0.25) is 0 Å². The summed E-state index contributed by atoms with van der Waals surface area (Å²) in [5.41, 5.74) is 6.76. The number of amides is 1. The molecule has 3 N–H and O–H groups in total. The lowest BCUT2D eigenvalue weighted by molar-refractivity contribution is -0.132. The number of carbonyl (C=O) groups excluding carboxylic acids is 1. The summed E-state index contributed by atoms with van der Waals surface area (Å²) in [6.45, 7) is 2.31. The van der Waals surface area contributed by atoms with Gasteiger partial charge in [0.1, 0.15) is 5.84 Å². The molecule has 110 valence electrons. The molecule has 6 heteroatoms. The van der Waals surface area contributed by atoms with Gasteiger partial charge in [0, 0.05) is 24.4 Å². The number of carbonyl (C=O) groups is 1. The smallest absolute Gasteiger partial charge is 0.229 e. The van der Waals surface area contributed by atoms with Gasteiger partial charge >= 0.3 is 0 Å². The molecular formula is C14H21N3O2S. The van der Waals surface area contributed by atoms with Crippen molar-refractivity contribution in [1.82, 2.24) is 4.90 Å². The van der Waals surface area contributed by atoms with E-state index in [9.17, 15) is 4.79 Å². The molecule has 0 saturated heterocycles. The highest BCUT2D eigenvalue weighted by Gasteiger charge is 2.30. The Morgan fingerprint density at radius 3 is 3.15 bits per heavy atom. The van der Waals surface area contributed by atoms with Gasteiger partial charge in [-0.3, -0.25) is 4.79 Å². The maximum Gasteiger partial charge on any atom is 0.229 e. The highest BCUT2D eigenvalue weighted by Crippen LogP contribution is 2.35. The normalized spacial score (nSPS) is 20.3. The van der Waals surface area contributed by atoms with E-state index < -0.39 is 0 Å². The molecule has 1 heterocycles. The van der Waals surface area contributed by atoms with Gasteiger partial charge < -0.3 is 15.8 Å². The minimum atomic E-state index is -0.153. The van der Waals surface area contributed by atoms with Crippen LogP contribution in [0.1, 0.15) is 36.1 Å². The number of nitrogens with two attached hydrogens (primary N) is 1. The molecule has 0 aliphatic heterocycles. The van der Waals surface area contributed by atoms with Crippen LogP contribution in [0.4, 0.5) is 0 Å². The third-order valence-electron chi connectivity index (χ3n) is 3.89. The Kier molecular flexibility index (Phi) is 4.65. The average Bonchev–Trinajstić information content (AvgIpc) is 2.93. The van der Waals surface area contributed by atoms with Crippen molar-refractivity contribution < 1.29 is 10.0 Å². The maximum atomic E-state index is 12.6. The van der Waals surface area contributed by atoms with Gasteiger partial charge in [-0.1, -0.05) is 12.1 Å². The number of thiophene rings is 1. The van der Waals surface area contributed by atoms with E-state index in [1.165, 1.54) is 10.4 Å². The quantitative estimate of drug-likeness (QED) is 0.386. The molecule has 2 atom stereocenters. The summed E-state index contributed by atoms with van der Waals surface area (Å²) in [6.07, 6.45) is 3.05. The standard InChI is InChI=1S/C14H21N3O2S/c1-9(13(15)16-19)8-17(2)14(18)11-4-3-5-12-10(11)6-7-20-12/h6-7,9,11,19H,3-5,8H2,1-2H3,(H2,15,16). The van der Waals surface area contributed by atoms with E-state index in [1.807, 2.05) is 6.92 Å². The summed E-state index contributed by atoms with van der Waals surface area (Å²) in [4.78, 5) is 15.6. The van der Waals surface area contributed by atoms with E-state index in [1.54, 1.807) is 23.3 Å². The number of aryl methyl sites for hydroxylation is 1. The molecule has 0 radical (unpaired) electrons. The molecule has 0 saturated carbocycles. The Bertz CT molecular complexity index is 512. The van der Waals surface area contributed by atoms with Crippen molar-refractivity contribution in [2.24, 2.45) is 16.8 Å². The average molecular weight is 295 g/mol. The lowest BCUT2D eigenvalue weighted by atomic mass is 9.86. The van der Waals surface area contributed by atoms with Crippen molar-refractivity contribution in [3.8, 4) is 0 Å². The van der Waals surface area contributed by atoms with E-state index in [2.05, 4.69) is 16.6 Å². The maximum absolute atomic E-state index is 12.6. The largest absolute Gasteiger partial charge is 0.409 e. The van der Waals surface area contributed by atoms with Crippen molar-refractivity contribution >= 4 is 23.1 Å². The minimum Gasteiger partial charge on any atom is -0.409 e. The molecule has 1 amide bonds. The van der Waals surface area contributed by atoms with Crippen LogP contribution >= 0.6 is 11.3 Å². The highest BCUT2D eigenvalue weighted by atomic mass is 32.1. The molecule has 1 aromatic rings. The van der Waals surface area contributed by atoms with Gasteiger partial charge in [-0.2, -0.15) is 0 Å². The van der Waals surface area contributed by atoms with Gasteiger partial charge in [0.05, 0.1) is 5.92 Å². The van der Waals surface area contributed by atoms with Crippen molar-refractivity contribution in [2.75, 3.05) is 13.6 Å². The fourth-order valence-electron chi connectivity index (χ4n) is 2.70. The fourth-order valence-corrected chi connectivity index (χ4v) is 3.69.